The first-order valence-electron chi connectivity index (χ1n) is 11.1. The van der Waals surface area contributed by atoms with E-state index >= 15 is 0 Å². The van der Waals surface area contributed by atoms with Gasteiger partial charge in [0.15, 0.2) is 11.3 Å². The summed E-state index contributed by atoms with van der Waals surface area (Å²) in [6.45, 7) is 8.68. The Morgan fingerprint density at radius 2 is 1.69 bits per heavy atom. The van der Waals surface area contributed by atoms with E-state index in [1.54, 1.807) is 26.0 Å². The van der Waals surface area contributed by atoms with E-state index < -0.39 is 10.0 Å². The third kappa shape index (κ3) is 4.21. The van der Waals surface area contributed by atoms with Gasteiger partial charge in [-0.25, -0.2) is 13.1 Å². The molecular formula is C24H30N2O5S. The average Bonchev–Trinajstić information content (AvgIpc) is 3.17. The zero-order valence-corrected chi connectivity index (χ0v) is 19.9. The Balaban J connectivity index is 1.76. The zero-order chi connectivity index (χ0) is 23.0. The zero-order valence-electron chi connectivity index (χ0n) is 19.1. The normalized spacial score (nSPS) is 15.3. The predicted octanol–water partition coefficient (Wildman–Crippen LogP) is 4.75. The molecule has 0 saturated carbocycles. The number of nitrogens with one attached hydrogen (secondary N) is 1. The van der Waals surface area contributed by atoms with Gasteiger partial charge in [0.25, 0.3) is 5.91 Å². The van der Waals surface area contributed by atoms with Crippen molar-refractivity contribution in [3.05, 3.63) is 52.2 Å². The molecule has 32 heavy (non-hydrogen) atoms. The number of furan rings is 2. The topological polar surface area (TPSA) is 92.8 Å². The molecule has 0 aliphatic carbocycles. The van der Waals surface area contributed by atoms with Crippen LogP contribution in [0.2, 0.25) is 0 Å². The molecule has 1 aromatic carbocycles. The highest BCUT2D eigenvalue weighted by atomic mass is 32.2. The third-order valence-electron chi connectivity index (χ3n) is 6.28. The molecule has 0 atom stereocenters. The molecular weight excluding hydrogens is 428 g/mol. The van der Waals surface area contributed by atoms with E-state index in [0.717, 1.165) is 31.2 Å². The molecule has 7 nitrogen and oxygen atoms in total. The third-order valence-corrected chi connectivity index (χ3v) is 7.83. The van der Waals surface area contributed by atoms with Crippen LogP contribution >= 0.6 is 0 Å². The number of hydrogen-bond donors (Lipinski definition) is 1. The minimum Gasteiger partial charge on any atom is -0.465 e. The van der Waals surface area contributed by atoms with Crippen molar-refractivity contribution in [1.82, 2.24) is 9.62 Å². The molecule has 1 aliphatic rings. The lowest BCUT2D eigenvalue weighted by Crippen LogP contribution is -2.31. The summed E-state index contributed by atoms with van der Waals surface area (Å²) in [5.74, 6) is 1.30. The molecule has 4 rings (SSSR count). The largest absolute Gasteiger partial charge is 0.465 e. The first-order chi connectivity index (χ1) is 15.2. The Labute approximate surface area is 188 Å². The van der Waals surface area contributed by atoms with Gasteiger partial charge in [-0.2, -0.15) is 0 Å². The minimum atomic E-state index is -3.92. The van der Waals surface area contributed by atoms with Crippen LogP contribution in [0.5, 0.6) is 0 Å². The fraction of sp³-hybridized carbons (Fsp3) is 0.458. The van der Waals surface area contributed by atoms with Gasteiger partial charge < -0.3 is 13.7 Å². The molecule has 3 aromatic rings. The summed E-state index contributed by atoms with van der Waals surface area (Å²) in [5.41, 5.74) is 2.33. The summed E-state index contributed by atoms with van der Waals surface area (Å²) in [5, 5.41) is 0.653. The molecule has 0 bridgehead atoms. The first-order valence-corrected chi connectivity index (χ1v) is 12.5. The highest BCUT2D eigenvalue weighted by Gasteiger charge is 2.30. The van der Waals surface area contributed by atoms with Gasteiger partial charge >= 0.3 is 0 Å². The second-order valence-corrected chi connectivity index (χ2v) is 10.3. The Morgan fingerprint density at radius 1 is 1.00 bits per heavy atom. The van der Waals surface area contributed by atoms with Gasteiger partial charge in [0.1, 0.15) is 16.4 Å². The number of fused-ring (bicyclic) bond motifs is 1. The predicted molar refractivity (Wildman–Crippen MR) is 122 cm³/mol. The summed E-state index contributed by atoms with van der Waals surface area (Å²) in [4.78, 5) is 15.1. The van der Waals surface area contributed by atoms with E-state index in [9.17, 15) is 13.2 Å². The number of benzene rings is 1. The van der Waals surface area contributed by atoms with E-state index in [-0.39, 0.29) is 28.7 Å². The Bertz CT molecular complexity index is 1260. The highest BCUT2D eigenvalue weighted by molar-refractivity contribution is 7.89. The van der Waals surface area contributed by atoms with Crippen molar-refractivity contribution >= 4 is 26.9 Å². The van der Waals surface area contributed by atoms with Crippen LogP contribution in [0.1, 0.15) is 64.4 Å². The quantitative estimate of drug-likeness (QED) is 0.595. The number of sulfonamides is 1. The fourth-order valence-corrected chi connectivity index (χ4v) is 5.74. The molecule has 1 aliphatic heterocycles. The fourth-order valence-electron chi connectivity index (χ4n) is 4.31. The molecule has 8 heteroatoms. The van der Waals surface area contributed by atoms with Gasteiger partial charge in [-0.15, -0.1) is 0 Å². The Morgan fingerprint density at radius 3 is 2.31 bits per heavy atom. The van der Waals surface area contributed by atoms with Crippen molar-refractivity contribution in [2.45, 2.75) is 64.8 Å². The molecule has 3 heterocycles. The van der Waals surface area contributed by atoms with E-state index in [1.807, 2.05) is 24.8 Å². The summed E-state index contributed by atoms with van der Waals surface area (Å²) < 4.78 is 40.8. The van der Waals surface area contributed by atoms with Crippen molar-refractivity contribution in [1.29, 1.82) is 0 Å². The summed E-state index contributed by atoms with van der Waals surface area (Å²) in [7, 11) is -3.92. The lowest BCUT2D eigenvalue weighted by Gasteiger charge is -2.19. The number of aryl methyl sites for hydroxylation is 3. The smallest absolute Gasteiger partial charge is 0.289 e. The second kappa shape index (κ2) is 8.75. The summed E-state index contributed by atoms with van der Waals surface area (Å²) >= 11 is 0. The maximum Gasteiger partial charge on any atom is 0.289 e. The van der Waals surface area contributed by atoms with Crippen LogP contribution < -0.4 is 4.72 Å². The molecule has 1 amide bonds. The molecule has 0 radical (unpaired) electrons. The van der Waals surface area contributed by atoms with Crippen LogP contribution in [0.4, 0.5) is 0 Å². The highest BCUT2D eigenvalue weighted by Crippen LogP contribution is 2.35. The van der Waals surface area contributed by atoms with Crippen molar-refractivity contribution in [2.24, 2.45) is 0 Å². The second-order valence-electron chi connectivity index (χ2n) is 8.62. The van der Waals surface area contributed by atoms with Gasteiger partial charge in [-0.1, -0.05) is 12.8 Å². The van der Waals surface area contributed by atoms with Gasteiger partial charge in [-0.3, -0.25) is 4.79 Å². The molecule has 1 saturated heterocycles. The van der Waals surface area contributed by atoms with Crippen LogP contribution in [0.25, 0.3) is 11.0 Å². The molecule has 1 N–H and O–H groups in total. The van der Waals surface area contributed by atoms with Crippen LogP contribution in [0.15, 0.2) is 31.9 Å². The average molecular weight is 459 g/mol. The standard InChI is InChI=1S/C24H30N2O5S/c1-15-13-20-18(4)21(24(27)26-11-7-5-6-8-12-26)31-22(20)23(17(15)3)32(28,29)25-14-19-10-9-16(2)30-19/h9-10,13,25H,5-8,11-12,14H2,1-4H3. The number of amides is 1. The van der Waals surface area contributed by atoms with Crippen LogP contribution in [0.3, 0.4) is 0 Å². The number of rotatable bonds is 5. The van der Waals surface area contributed by atoms with Crippen molar-refractivity contribution in [3.63, 3.8) is 0 Å². The number of nitrogens with zero attached hydrogens (tertiary/aromatic N) is 1. The molecule has 0 unspecified atom stereocenters. The lowest BCUT2D eigenvalue weighted by atomic mass is 10.0. The van der Waals surface area contributed by atoms with Gasteiger partial charge in [0, 0.05) is 24.0 Å². The van der Waals surface area contributed by atoms with Gasteiger partial charge in [0.2, 0.25) is 10.0 Å². The van der Waals surface area contributed by atoms with Crippen molar-refractivity contribution in [2.75, 3.05) is 13.1 Å². The number of carbonyl (C=O) groups is 1. The first kappa shape index (κ1) is 22.6. The molecule has 2 aromatic heterocycles. The molecule has 1 fully saturated rings. The van der Waals surface area contributed by atoms with E-state index in [1.165, 1.54) is 0 Å². The van der Waals surface area contributed by atoms with Crippen molar-refractivity contribution in [3.8, 4) is 0 Å². The lowest BCUT2D eigenvalue weighted by molar-refractivity contribution is 0.0731. The number of likely N-dealkylation sites (tertiary alicyclic amines) is 1. The van der Waals surface area contributed by atoms with E-state index in [2.05, 4.69) is 4.72 Å². The van der Waals surface area contributed by atoms with Gasteiger partial charge in [0.05, 0.1) is 6.54 Å². The molecule has 0 spiro atoms. The van der Waals surface area contributed by atoms with Crippen LogP contribution in [-0.2, 0) is 16.6 Å². The Kier molecular flexibility index (Phi) is 6.18. The number of carbonyl (C=O) groups excluding carboxylic acids is 1. The minimum absolute atomic E-state index is 0.0320. The maximum atomic E-state index is 13.3. The molecule has 172 valence electrons. The maximum absolute atomic E-state index is 13.3. The van der Waals surface area contributed by atoms with Crippen LogP contribution in [-0.4, -0.2) is 32.3 Å². The number of hydrogen-bond acceptors (Lipinski definition) is 5. The summed E-state index contributed by atoms with van der Waals surface area (Å²) in [6.07, 6.45) is 4.17. The van der Waals surface area contributed by atoms with Crippen molar-refractivity contribution < 1.29 is 22.0 Å². The Hall–Kier alpha value is -2.58. The monoisotopic (exact) mass is 458 g/mol. The summed E-state index contributed by atoms with van der Waals surface area (Å²) in [6, 6.07) is 5.43. The van der Waals surface area contributed by atoms with E-state index in [4.69, 9.17) is 8.83 Å². The van der Waals surface area contributed by atoms with Crippen LogP contribution in [0, 0.1) is 27.7 Å². The van der Waals surface area contributed by atoms with E-state index in [0.29, 0.717) is 41.1 Å². The van der Waals surface area contributed by atoms with Gasteiger partial charge in [-0.05, 0) is 69.9 Å². The SMILES string of the molecule is Cc1ccc(CNS(=O)(=O)c2c(C)c(C)cc3c(C)c(C(=O)N4CCCCCC4)oc23)o1.